The van der Waals surface area contributed by atoms with Crippen molar-refractivity contribution in [1.82, 2.24) is 14.5 Å². The molecule has 3 saturated carbocycles. The second-order valence-corrected chi connectivity index (χ2v) is 15.0. The Morgan fingerprint density at radius 1 is 0.702 bits per heavy atom. The van der Waals surface area contributed by atoms with E-state index >= 15 is 0 Å². The fourth-order valence-corrected chi connectivity index (χ4v) is 7.68. The van der Waals surface area contributed by atoms with Gasteiger partial charge in [0.05, 0.1) is 19.5 Å². The van der Waals surface area contributed by atoms with E-state index < -0.39 is 0 Å². The standard InChI is InChI=1S/C40H71N3O4/c1-2-3-4-5-6-13-18-34-46-38(44)20-14-9-7-11-16-29-42(31-19-32-43-33-28-41-36-43)30-17-12-8-10-15-21-39(45)47-35-40-25-22-37(23-26-40)24-27-40/h28,33,36-37H,2-27,29-32,34-35H2,1H3. The van der Waals surface area contributed by atoms with Gasteiger partial charge in [-0.2, -0.15) is 0 Å². The Balaban J connectivity index is 1.16. The fraction of sp³-hybridized carbons (Fsp3) is 0.875. The molecule has 270 valence electrons. The zero-order valence-corrected chi connectivity index (χ0v) is 30.4. The summed E-state index contributed by atoms with van der Waals surface area (Å²) in [6.07, 6.45) is 36.1. The van der Waals surface area contributed by atoms with Crippen LogP contribution in [0.1, 0.15) is 174 Å². The molecule has 3 aliphatic rings. The lowest BCUT2D eigenvalue weighted by Gasteiger charge is -2.46. The maximum Gasteiger partial charge on any atom is 0.305 e. The van der Waals surface area contributed by atoms with Crippen LogP contribution in [0.15, 0.2) is 18.7 Å². The predicted octanol–water partition coefficient (Wildman–Crippen LogP) is 10.1. The summed E-state index contributed by atoms with van der Waals surface area (Å²) in [6, 6.07) is 0. The summed E-state index contributed by atoms with van der Waals surface area (Å²) in [5, 5.41) is 0. The first-order valence-electron chi connectivity index (χ1n) is 20.1. The molecule has 1 heterocycles. The van der Waals surface area contributed by atoms with Crippen LogP contribution in [0.2, 0.25) is 0 Å². The number of hydrogen-bond acceptors (Lipinski definition) is 6. The number of fused-ring (bicyclic) bond motifs is 3. The Kier molecular flexibility index (Phi) is 21.1. The highest BCUT2D eigenvalue weighted by molar-refractivity contribution is 5.69. The van der Waals surface area contributed by atoms with Gasteiger partial charge in [0.25, 0.3) is 0 Å². The van der Waals surface area contributed by atoms with Crippen LogP contribution in [-0.4, -0.2) is 59.2 Å². The van der Waals surface area contributed by atoms with Crippen LogP contribution in [0.3, 0.4) is 0 Å². The van der Waals surface area contributed by atoms with Crippen molar-refractivity contribution >= 4 is 11.9 Å². The molecule has 0 amide bonds. The number of aryl methyl sites for hydroxylation is 1. The number of rotatable bonds is 30. The van der Waals surface area contributed by atoms with Crippen LogP contribution >= 0.6 is 0 Å². The van der Waals surface area contributed by atoms with Gasteiger partial charge in [0.15, 0.2) is 0 Å². The average Bonchev–Trinajstić information content (AvgIpc) is 3.62. The molecule has 0 radical (unpaired) electrons. The van der Waals surface area contributed by atoms with E-state index in [1.165, 1.54) is 116 Å². The average molecular weight is 658 g/mol. The Bertz CT molecular complexity index is 899. The third kappa shape index (κ3) is 18.5. The summed E-state index contributed by atoms with van der Waals surface area (Å²) in [5.74, 6) is 0.960. The van der Waals surface area contributed by atoms with E-state index in [1.54, 1.807) is 0 Å². The first kappa shape index (κ1) is 39.5. The number of esters is 2. The second-order valence-electron chi connectivity index (χ2n) is 15.0. The lowest BCUT2D eigenvalue weighted by molar-refractivity contribution is -0.150. The Morgan fingerprint density at radius 2 is 1.23 bits per heavy atom. The minimum Gasteiger partial charge on any atom is -0.466 e. The van der Waals surface area contributed by atoms with Gasteiger partial charge < -0.3 is 18.9 Å². The van der Waals surface area contributed by atoms with E-state index in [-0.39, 0.29) is 11.9 Å². The van der Waals surface area contributed by atoms with Gasteiger partial charge in [0.2, 0.25) is 0 Å². The molecule has 4 rings (SSSR count). The Hall–Kier alpha value is -1.89. The molecule has 1 aromatic heterocycles. The topological polar surface area (TPSA) is 73.7 Å². The third-order valence-electron chi connectivity index (χ3n) is 11.0. The zero-order chi connectivity index (χ0) is 33.3. The van der Waals surface area contributed by atoms with Gasteiger partial charge in [0.1, 0.15) is 0 Å². The van der Waals surface area contributed by atoms with E-state index in [2.05, 4.69) is 21.4 Å². The quantitative estimate of drug-likeness (QED) is 0.0606. The molecule has 0 atom stereocenters. The molecule has 0 N–H and O–H groups in total. The molecule has 2 bridgehead atoms. The summed E-state index contributed by atoms with van der Waals surface area (Å²) in [5.41, 5.74) is 0.317. The molecule has 47 heavy (non-hydrogen) atoms. The number of nitrogens with zero attached hydrogens (tertiary/aromatic N) is 3. The van der Waals surface area contributed by atoms with Gasteiger partial charge in [-0.05, 0) is 103 Å². The Labute approximate surface area is 288 Å². The van der Waals surface area contributed by atoms with Gasteiger partial charge in [0, 0.05) is 37.2 Å². The summed E-state index contributed by atoms with van der Waals surface area (Å²) in [4.78, 5) is 31.2. The van der Waals surface area contributed by atoms with E-state index in [1.807, 2.05) is 18.7 Å². The number of carbonyl (C=O) groups excluding carboxylic acids is 2. The number of hydrogen-bond donors (Lipinski definition) is 0. The number of ether oxygens (including phenoxy) is 2. The molecule has 0 saturated heterocycles. The van der Waals surface area contributed by atoms with Crippen LogP contribution in [-0.2, 0) is 25.6 Å². The minimum absolute atomic E-state index is 0.0130. The van der Waals surface area contributed by atoms with E-state index in [0.717, 1.165) is 70.6 Å². The molecular formula is C40H71N3O4. The molecule has 7 nitrogen and oxygen atoms in total. The van der Waals surface area contributed by atoms with Crippen molar-refractivity contribution in [3.8, 4) is 0 Å². The van der Waals surface area contributed by atoms with Crippen molar-refractivity contribution in [3.63, 3.8) is 0 Å². The van der Waals surface area contributed by atoms with Gasteiger partial charge in [-0.3, -0.25) is 9.59 Å². The highest BCUT2D eigenvalue weighted by Crippen LogP contribution is 2.50. The number of aromatic nitrogens is 2. The van der Waals surface area contributed by atoms with Crippen LogP contribution in [0, 0.1) is 11.3 Å². The number of carbonyl (C=O) groups is 2. The summed E-state index contributed by atoms with van der Waals surface area (Å²) >= 11 is 0. The summed E-state index contributed by atoms with van der Waals surface area (Å²) < 4.78 is 13.4. The van der Waals surface area contributed by atoms with E-state index in [9.17, 15) is 9.59 Å². The lowest BCUT2D eigenvalue weighted by Crippen LogP contribution is -2.38. The van der Waals surface area contributed by atoms with Crippen molar-refractivity contribution in [2.75, 3.05) is 32.8 Å². The van der Waals surface area contributed by atoms with Crippen molar-refractivity contribution in [2.24, 2.45) is 11.3 Å². The van der Waals surface area contributed by atoms with Crippen LogP contribution < -0.4 is 0 Å². The van der Waals surface area contributed by atoms with Crippen LogP contribution in [0.5, 0.6) is 0 Å². The summed E-state index contributed by atoms with van der Waals surface area (Å²) in [7, 11) is 0. The zero-order valence-electron chi connectivity index (χ0n) is 30.4. The minimum atomic E-state index is -0.0130. The molecule has 3 aliphatic carbocycles. The molecular weight excluding hydrogens is 586 g/mol. The molecule has 0 spiro atoms. The maximum absolute atomic E-state index is 12.4. The number of unbranched alkanes of at least 4 members (excludes halogenated alkanes) is 14. The first-order valence-corrected chi connectivity index (χ1v) is 20.1. The lowest BCUT2D eigenvalue weighted by atomic mass is 9.61. The van der Waals surface area contributed by atoms with Gasteiger partial charge in [-0.25, -0.2) is 4.98 Å². The fourth-order valence-electron chi connectivity index (χ4n) is 7.68. The van der Waals surface area contributed by atoms with Gasteiger partial charge in [-0.1, -0.05) is 84.0 Å². The smallest absolute Gasteiger partial charge is 0.305 e. The predicted molar refractivity (Wildman–Crippen MR) is 192 cm³/mol. The van der Waals surface area contributed by atoms with Crippen LogP contribution in [0.4, 0.5) is 0 Å². The second kappa shape index (κ2) is 25.1. The Morgan fingerprint density at radius 3 is 1.83 bits per heavy atom. The van der Waals surface area contributed by atoms with Crippen molar-refractivity contribution < 1.29 is 19.1 Å². The highest BCUT2D eigenvalue weighted by Gasteiger charge is 2.41. The summed E-state index contributed by atoms with van der Waals surface area (Å²) in [6.45, 7) is 7.95. The largest absolute Gasteiger partial charge is 0.466 e. The van der Waals surface area contributed by atoms with Gasteiger partial charge in [-0.15, -0.1) is 0 Å². The highest BCUT2D eigenvalue weighted by atomic mass is 16.5. The molecule has 7 heteroatoms. The van der Waals surface area contributed by atoms with Gasteiger partial charge >= 0.3 is 11.9 Å². The molecule has 0 aliphatic heterocycles. The number of imidazole rings is 1. The monoisotopic (exact) mass is 658 g/mol. The van der Waals surface area contributed by atoms with E-state index in [4.69, 9.17) is 9.47 Å². The third-order valence-corrected chi connectivity index (χ3v) is 11.0. The molecule has 1 aromatic rings. The first-order chi connectivity index (χ1) is 23.1. The van der Waals surface area contributed by atoms with Crippen molar-refractivity contribution in [3.05, 3.63) is 18.7 Å². The molecule has 3 fully saturated rings. The van der Waals surface area contributed by atoms with Crippen molar-refractivity contribution in [1.29, 1.82) is 0 Å². The SMILES string of the molecule is CCCCCCCCCOC(=O)CCCCCCCN(CCCCCCCC(=O)OCC12CCC(CC1)CC2)CCCn1ccnc1. The van der Waals surface area contributed by atoms with Crippen molar-refractivity contribution in [2.45, 2.75) is 180 Å². The molecule has 0 aromatic carbocycles. The molecule has 0 unspecified atom stereocenters. The van der Waals surface area contributed by atoms with E-state index in [0.29, 0.717) is 31.5 Å². The maximum atomic E-state index is 12.4. The normalized spacial score (nSPS) is 19.0. The van der Waals surface area contributed by atoms with Crippen LogP contribution in [0.25, 0.3) is 0 Å².